The molecule has 2 aromatic rings. The topological polar surface area (TPSA) is 82.7 Å². The van der Waals surface area contributed by atoms with Crippen LogP contribution in [0, 0.1) is 0 Å². The van der Waals surface area contributed by atoms with Gasteiger partial charge in [0.05, 0.1) is 5.69 Å². The number of benzene rings is 1. The van der Waals surface area contributed by atoms with Gasteiger partial charge in [-0.15, -0.1) is 0 Å². The Morgan fingerprint density at radius 1 is 1.21 bits per heavy atom. The van der Waals surface area contributed by atoms with Gasteiger partial charge in [-0.25, -0.2) is 4.79 Å². The van der Waals surface area contributed by atoms with Gasteiger partial charge < -0.3 is 10.6 Å². The Balaban J connectivity index is 1.67. The van der Waals surface area contributed by atoms with Gasteiger partial charge in [-0.3, -0.25) is 0 Å². The first-order valence-corrected chi connectivity index (χ1v) is 6.70. The molecule has 0 unspecified atom stereocenters. The van der Waals surface area contributed by atoms with E-state index < -0.39 is 0 Å². The zero-order chi connectivity index (χ0) is 13.1. The van der Waals surface area contributed by atoms with Gasteiger partial charge in [0.2, 0.25) is 0 Å². The van der Waals surface area contributed by atoms with Crippen molar-refractivity contribution in [1.82, 2.24) is 20.7 Å². The Hall–Kier alpha value is -2.11. The number of aromatic nitrogens is 3. The minimum absolute atomic E-state index is 0.164. The Kier molecular flexibility index (Phi) is 3.31. The van der Waals surface area contributed by atoms with Crippen molar-refractivity contribution in [3.05, 3.63) is 18.2 Å². The van der Waals surface area contributed by atoms with E-state index in [-0.39, 0.29) is 6.03 Å². The van der Waals surface area contributed by atoms with Crippen LogP contribution in [0.15, 0.2) is 18.2 Å². The number of rotatable bonds is 2. The summed E-state index contributed by atoms with van der Waals surface area (Å²) in [7, 11) is 0. The smallest absolute Gasteiger partial charge is 0.319 e. The van der Waals surface area contributed by atoms with E-state index in [1.54, 1.807) is 0 Å². The molecule has 1 heterocycles. The number of hydrogen-bond donors (Lipinski definition) is 3. The summed E-state index contributed by atoms with van der Waals surface area (Å²) in [5, 5.41) is 16.5. The normalized spacial score (nSPS) is 16.4. The van der Waals surface area contributed by atoms with Crippen LogP contribution < -0.4 is 10.6 Å². The van der Waals surface area contributed by atoms with Gasteiger partial charge in [0.15, 0.2) is 0 Å². The SMILES string of the molecule is O=C(Nc1cccc2n[nH]nc12)NC1CCCCC1. The number of aromatic amines is 1. The fourth-order valence-corrected chi connectivity index (χ4v) is 2.56. The van der Waals surface area contributed by atoms with Crippen molar-refractivity contribution in [2.24, 2.45) is 0 Å². The Morgan fingerprint density at radius 3 is 2.89 bits per heavy atom. The van der Waals surface area contributed by atoms with Gasteiger partial charge in [-0.2, -0.15) is 15.4 Å². The Morgan fingerprint density at radius 2 is 2.05 bits per heavy atom. The lowest BCUT2D eigenvalue weighted by Gasteiger charge is -2.22. The molecule has 1 aromatic heterocycles. The third-order valence-corrected chi connectivity index (χ3v) is 3.54. The molecule has 0 atom stereocenters. The lowest BCUT2D eigenvalue weighted by molar-refractivity contribution is 0.244. The fourth-order valence-electron chi connectivity index (χ4n) is 2.56. The van der Waals surface area contributed by atoms with E-state index in [1.807, 2.05) is 18.2 Å². The quantitative estimate of drug-likeness (QED) is 0.774. The van der Waals surface area contributed by atoms with Crippen LogP contribution in [0.25, 0.3) is 11.0 Å². The van der Waals surface area contributed by atoms with E-state index in [4.69, 9.17) is 0 Å². The summed E-state index contributed by atoms with van der Waals surface area (Å²) in [4.78, 5) is 12.0. The van der Waals surface area contributed by atoms with Crippen LogP contribution in [-0.4, -0.2) is 27.5 Å². The largest absolute Gasteiger partial charge is 0.335 e. The summed E-state index contributed by atoms with van der Waals surface area (Å²) < 4.78 is 0. The second-order valence-corrected chi connectivity index (χ2v) is 4.93. The summed E-state index contributed by atoms with van der Waals surface area (Å²) in [6.45, 7) is 0. The van der Waals surface area contributed by atoms with Crippen molar-refractivity contribution in [2.45, 2.75) is 38.1 Å². The Labute approximate surface area is 111 Å². The molecule has 1 aliphatic carbocycles. The van der Waals surface area contributed by atoms with E-state index in [9.17, 15) is 4.79 Å². The molecule has 0 bridgehead atoms. The van der Waals surface area contributed by atoms with Crippen molar-refractivity contribution in [2.75, 3.05) is 5.32 Å². The van der Waals surface area contributed by atoms with Crippen LogP contribution in [0.2, 0.25) is 0 Å². The van der Waals surface area contributed by atoms with Crippen LogP contribution in [0.3, 0.4) is 0 Å². The molecule has 0 saturated heterocycles. The number of carbonyl (C=O) groups is 1. The maximum atomic E-state index is 12.0. The molecule has 1 saturated carbocycles. The molecule has 100 valence electrons. The van der Waals surface area contributed by atoms with Crippen LogP contribution in [-0.2, 0) is 0 Å². The summed E-state index contributed by atoms with van der Waals surface area (Å²) in [6.07, 6.45) is 5.81. The molecule has 3 N–H and O–H groups in total. The molecule has 0 aliphatic heterocycles. The molecule has 2 amide bonds. The van der Waals surface area contributed by atoms with Gasteiger partial charge in [0.25, 0.3) is 0 Å². The van der Waals surface area contributed by atoms with Gasteiger partial charge in [-0.1, -0.05) is 25.3 Å². The average molecular weight is 259 g/mol. The maximum absolute atomic E-state index is 12.0. The number of anilines is 1. The lowest BCUT2D eigenvalue weighted by Crippen LogP contribution is -2.39. The van der Waals surface area contributed by atoms with Gasteiger partial charge >= 0.3 is 6.03 Å². The van der Waals surface area contributed by atoms with Crippen molar-refractivity contribution >= 4 is 22.8 Å². The monoisotopic (exact) mass is 259 g/mol. The molecule has 0 radical (unpaired) electrons. The van der Waals surface area contributed by atoms with Gasteiger partial charge in [0, 0.05) is 6.04 Å². The fraction of sp³-hybridized carbons (Fsp3) is 0.462. The van der Waals surface area contributed by atoms with Crippen LogP contribution in [0.5, 0.6) is 0 Å². The summed E-state index contributed by atoms with van der Waals surface area (Å²) >= 11 is 0. The number of nitrogens with zero attached hydrogens (tertiary/aromatic N) is 2. The van der Waals surface area contributed by atoms with E-state index in [0.29, 0.717) is 17.2 Å². The molecule has 3 rings (SSSR count). The maximum Gasteiger partial charge on any atom is 0.319 e. The predicted molar refractivity (Wildman–Crippen MR) is 72.9 cm³/mol. The Bertz CT molecular complexity index is 573. The second kappa shape index (κ2) is 5.26. The number of H-pyrrole nitrogens is 1. The number of fused-ring (bicyclic) bond motifs is 1. The van der Waals surface area contributed by atoms with Crippen molar-refractivity contribution in [3.8, 4) is 0 Å². The van der Waals surface area contributed by atoms with E-state index in [0.717, 1.165) is 18.4 Å². The number of amides is 2. The minimum Gasteiger partial charge on any atom is -0.335 e. The average Bonchev–Trinajstić information content (AvgIpc) is 2.89. The summed E-state index contributed by atoms with van der Waals surface area (Å²) in [5.74, 6) is 0. The molecule has 1 aliphatic rings. The highest BCUT2D eigenvalue weighted by atomic mass is 16.2. The van der Waals surface area contributed by atoms with E-state index in [2.05, 4.69) is 26.0 Å². The lowest BCUT2D eigenvalue weighted by atomic mass is 9.96. The third-order valence-electron chi connectivity index (χ3n) is 3.54. The molecule has 19 heavy (non-hydrogen) atoms. The van der Waals surface area contributed by atoms with Crippen LogP contribution in [0.1, 0.15) is 32.1 Å². The zero-order valence-electron chi connectivity index (χ0n) is 10.6. The molecule has 6 heteroatoms. The van der Waals surface area contributed by atoms with E-state index >= 15 is 0 Å². The summed E-state index contributed by atoms with van der Waals surface area (Å²) in [5.41, 5.74) is 2.11. The second-order valence-electron chi connectivity index (χ2n) is 4.93. The number of para-hydroxylation sites is 1. The summed E-state index contributed by atoms with van der Waals surface area (Å²) in [6, 6.07) is 5.66. The van der Waals surface area contributed by atoms with Gasteiger partial charge in [-0.05, 0) is 25.0 Å². The van der Waals surface area contributed by atoms with Gasteiger partial charge in [0.1, 0.15) is 11.0 Å². The van der Waals surface area contributed by atoms with Crippen LogP contribution in [0.4, 0.5) is 10.5 Å². The molecular weight excluding hydrogens is 242 g/mol. The first kappa shape index (κ1) is 12.0. The highest BCUT2D eigenvalue weighted by Gasteiger charge is 2.16. The number of nitrogens with one attached hydrogen (secondary N) is 3. The highest BCUT2D eigenvalue weighted by molar-refractivity contribution is 5.98. The first-order chi connectivity index (χ1) is 9.33. The minimum atomic E-state index is -0.164. The highest BCUT2D eigenvalue weighted by Crippen LogP contribution is 2.20. The molecule has 0 spiro atoms. The predicted octanol–water partition coefficient (Wildman–Crippen LogP) is 2.41. The zero-order valence-corrected chi connectivity index (χ0v) is 10.6. The van der Waals surface area contributed by atoms with Crippen molar-refractivity contribution < 1.29 is 4.79 Å². The molecule has 6 nitrogen and oxygen atoms in total. The van der Waals surface area contributed by atoms with Crippen LogP contribution >= 0.6 is 0 Å². The first-order valence-electron chi connectivity index (χ1n) is 6.70. The number of urea groups is 1. The molecular formula is C13H17N5O. The van der Waals surface area contributed by atoms with E-state index in [1.165, 1.54) is 19.3 Å². The van der Waals surface area contributed by atoms with Crippen molar-refractivity contribution in [3.63, 3.8) is 0 Å². The molecule has 1 fully saturated rings. The van der Waals surface area contributed by atoms with Crippen molar-refractivity contribution in [1.29, 1.82) is 0 Å². The molecule has 1 aromatic carbocycles. The third kappa shape index (κ3) is 2.67. The number of carbonyl (C=O) groups excluding carboxylic acids is 1. The number of hydrogen-bond acceptors (Lipinski definition) is 3. The standard InChI is InChI=1S/C13H17N5O/c19-13(14-9-5-2-1-3-6-9)15-10-7-4-8-11-12(10)17-18-16-11/h4,7-9H,1-3,5-6H2,(H2,14,15,19)(H,16,17,18).